The second-order valence-electron chi connectivity index (χ2n) is 6.02. The van der Waals surface area contributed by atoms with Gasteiger partial charge in [0.1, 0.15) is 0 Å². The summed E-state index contributed by atoms with van der Waals surface area (Å²) in [4.78, 5) is 16.2. The molecule has 1 aromatic carbocycles. The minimum Gasteiger partial charge on any atom is -0.408 e. The lowest BCUT2D eigenvalue weighted by molar-refractivity contribution is 0.185. The summed E-state index contributed by atoms with van der Waals surface area (Å²) in [5, 5.41) is 9.46. The van der Waals surface area contributed by atoms with Crippen LogP contribution in [0.2, 0.25) is 0 Å². The van der Waals surface area contributed by atoms with Gasteiger partial charge in [0.05, 0.1) is 18.7 Å². The summed E-state index contributed by atoms with van der Waals surface area (Å²) < 4.78 is 14.2. The molecule has 9 heteroatoms. The van der Waals surface area contributed by atoms with Crippen LogP contribution in [0.1, 0.15) is 0 Å². The van der Waals surface area contributed by atoms with E-state index in [0.29, 0.717) is 31.0 Å². The quantitative estimate of drug-likeness (QED) is 0.422. The zero-order valence-corrected chi connectivity index (χ0v) is 16.1. The van der Waals surface area contributed by atoms with Crippen LogP contribution >= 0.6 is 11.8 Å². The van der Waals surface area contributed by atoms with Crippen molar-refractivity contribution in [1.29, 1.82) is 0 Å². The molecule has 0 aliphatic heterocycles. The maximum Gasteiger partial charge on any atom is 0.419 e. The van der Waals surface area contributed by atoms with Crippen molar-refractivity contribution >= 4 is 22.9 Å². The molecular formula is C19H19N5O3S. The van der Waals surface area contributed by atoms with Crippen molar-refractivity contribution in [3.63, 3.8) is 0 Å². The first-order valence-electron chi connectivity index (χ1n) is 8.81. The standard InChI is InChI=1S/C19H19N5O3S/c1-26-12-10-24-17(14-6-8-20-9-7-14)21-22-18(24)28-13-11-23-15-4-2-3-5-16(15)27-19(23)25/h2-9H,10-13H2,1H3. The first kappa shape index (κ1) is 18.5. The van der Waals surface area contributed by atoms with E-state index < -0.39 is 0 Å². The van der Waals surface area contributed by atoms with Gasteiger partial charge in [-0.3, -0.25) is 14.1 Å². The third-order valence-electron chi connectivity index (χ3n) is 4.29. The van der Waals surface area contributed by atoms with Crippen LogP contribution in [0.4, 0.5) is 0 Å². The monoisotopic (exact) mass is 397 g/mol. The van der Waals surface area contributed by atoms with E-state index in [1.807, 2.05) is 34.9 Å². The minimum atomic E-state index is -0.347. The molecule has 8 nitrogen and oxygen atoms in total. The highest BCUT2D eigenvalue weighted by atomic mass is 32.2. The molecule has 0 aliphatic rings. The van der Waals surface area contributed by atoms with Crippen molar-refractivity contribution < 1.29 is 9.15 Å². The van der Waals surface area contributed by atoms with Crippen molar-refractivity contribution in [2.75, 3.05) is 19.5 Å². The Bertz CT molecular complexity index is 1120. The van der Waals surface area contributed by atoms with Crippen molar-refractivity contribution in [3.05, 3.63) is 59.3 Å². The van der Waals surface area contributed by atoms with E-state index >= 15 is 0 Å². The summed E-state index contributed by atoms with van der Waals surface area (Å²) in [7, 11) is 1.67. The molecule has 0 N–H and O–H groups in total. The smallest absolute Gasteiger partial charge is 0.408 e. The summed E-state index contributed by atoms with van der Waals surface area (Å²) in [5.74, 6) is 1.08. The second-order valence-corrected chi connectivity index (χ2v) is 7.08. The largest absolute Gasteiger partial charge is 0.419 e. The number of hydrogen-bond donors (Lipinski definition) is 0. The normalized spacial score (nSPS) is 11.3. The molecule has 0 saturated heterocycles. The van der Waals surface area contributed by atoms with Crippen molar-refractivity contribution in [2.45, 2.75) is 18.2 Å². The highest BCUT2D eigenvalue weighted by Crippen LogP contribution is 2.24. The Morgan fingerprint density at radius 1 is 1.07 bits per heavy atom. The van der Waals surface area contributed by atoms with Crippen LogP contribution in [0.25, 0.3) is 22.5 Å². The lowest BCUT2D eigenvalue weighted by Gasteiger charge is -2.09. The number of oxazole rings is 1. The fourth-order valence-corrected chi connectivity index (χ4v) is 3.84. The minimum absolute atomic E-state index is 0.347. The van der Waals surface area contributed by atoms with Gasteiger partial charge in [-0.15, -0.1) is 10.2 Å². The predicted molar refractivity (Wildman–Crippen MR) is 106 cm³/mol. The van der Waals surface area contributed by atoms with Crippen LogP contribution in [0, 0.1) is 0 Å². The molecule has 3 heterocycles. The van der Waals surface area contributed by atoms with Crippen LogP contribution in [-0.2, 0) is 17.8 Å². The Hall–Kier alpha value is -2.91. The zero-order chi connectivity index (χ0) is 19.3. The molecule has 0 fully saturated rings. The molecule has 0 bridgehead atoms. The number of para-hydroxylation sites is 2. The van der Waals surface area contributed by atoms with Gasteiger partial charge in [0.15, 0.2) is 16.6 Å². The Morgan fingerprint density at radius 3 is 2.71 bits per heavy atom. The Morgan fingerprint density at radius 2 is 1.89 bits per heavy atom. The van der Waals surface area contributed by atoms with Crippen LogP contribution < -0.4 is 5.76 Å². The van der Waals surface area contributed by atoms with Gasteiger partial charge in [0, 0.05) is 37.4 Å². The lowest BCUT2D eigenvalue weighted by Crippen LogP contribution is -2.15. The summed E-state index contributed by atoms with van der Waals surface area (Å²) in [5.41, 5.74) is 2.34. The highest BCUT2D eigenvalue weighted by molar-refractivity contribution is 7.99. The Labute approximate surface area is 165 Å². The van der Waals surface area contributed by atoms with Gasteiger partial charge in [-0.05, 0) is 24.3 Å². The molecule has 3 aromatic heterocycles. The summed E-state index contributed by atoms with van der Waals surface area (Å²) >= 11 is 1.55. The maximum absolute atomic E-state index is 12.1. The van der Waals surface area contributed by atoms with Crippen molar-refractivity contribution in [2.24, 2.45) is 0 Å². The molecule has 0 radical (unpaired) electrons. The number of nitrogens with zero attached hydrogens (tertiary/aromatic N) is 5. The van der Waals surface area contributed by atoms with Crippen molar-refractivity contribution in [3.8, 4) is 11.4 Å². The second kappa shape index (κ2) is 8.41. The molecule has 144 valence electrons. The van der Waals surface area contributed by atoms with Gasteiger partial charge in [-0.2, -0.15) is 0 Å². The van der Waals surface area contributed by atoms with E-state index in [0.717, 1.165) is 22.1 Å². The molecule has 4 aromatic rings. The lowest BCUT2D eigenvalue weighted by atomic mass is 10.2. The molecule has 0 aliphatic carbocycles. The van der Waals surface area contributed by atoms with E-state index in [2.05, 4.69) is 15.2 Å². The van der Waals surface area contributed by atoms with Gasteiger partial charge in [-0.25, -0.2) is 4.79 Å². The van der Waals surface area contributed by atoms with Gasteiger partial charge in [0.2, 0.25) is 0 Å². The fraction of sp³-hybridized carbons (Fsp3) is 0.263. The van der Waals surface area contributed by atoms with Crippen LogP contribution in [0.15, 0.2) is 63.2 Å². The highest BCUT2D eigenvalue weighted by Gasteiger charge is 2.15. The molecule has 0 spiro atoms. The molecular weight excluding hydrogens is 378 g/mol. The number of ether oxygens (including phenoxy) is 1. The number of aromatic nitrogens is 5. The maximum atomic E-state index is 12.1. The number of benzene rings is 1. The van der Waals surface area contributed by atoms with Crippen LogP contribution in [0.5, 0.6) is 0 Å². The number of fused-ring (bicyclic) bond motifs is 1. The van der Waals surface area contributed by atoms with Crippen LogP contribution in [-0.4, -0.2) is 43.8 Å². The summed E-state index contributed by atoms with van der Waals surface area (Å²) in [6, 6.07) is 11.2. The SMILES string of the molecule is COCCn1c(SCCn2c(=O)oc3ccccc32)nnc1-c1ccncc1. The van der Waals surface area contributed by atoms with E-state index in [-0.39, 0.29) is 5.76 Å². The van der Waals surface area contributed by atoms with E-state index in [4.69, 9.17) is 9.15 Å². The van der Waals surface area contributed by atoms with Gasteiger partial charge < -0.3 is 9.15 Å². The molecule has 0 amide bonds. The average molecular weight is 397 g/mol. The van der Waals surface area contributed by atoms with Crippen molar-refractivity contribution in [1.82, 2.24) is 24.3 Å². The predicted octanol–water partition coefficient (Wildman–Crippen LogP) is 2.69. The molecule has 0 saturated carbocycles. The van der Waals surface area contributed by atoms with E-state index in [1.54, 1.807) is 41.9 Å². The Balaban J connectivity index is 1.53. The van der Waals surface area contributed by atoms with Crippen LogP contribution in [0.3, 0.4) is 0 Å². The van der Waals surface area contributed by atoms with Gasteiger partial charge >= 0.3 is 5.76 Å². The first-order valence-corrected chi connectivity index (χ1v) is 9.80. The number of pyridine rings is 1. The Kier molecular flexibility index (Phi) is 5.54. The van der Waals surface area contributed by atoms with E-state index in [1.165, 1.54) is 0 Å². The summed E-state index contributed by atoms with van der Waals surface area (Å²) in [6.07, 6.45) is 3.46. The first-order chi connectivity index (χ1) is 13.8. The number of hydrogen-bond acceptors (Lipinski definition) is 7. The molecule has 4 rings (SSSR count). The third kappa shape index (κ3) is 3.71. The van der Waals surface area contributed by atoms with Gasteiger partial charge in [0.25, 0.3) is 0 Å². The molecule has 0 atom stereocenters. The molecule has 28 heavy (non-hydrogen) atoms. The average Bonchev–Trinajstić information content (AvgIpc) is 3.27. The third-order valence-corrected chi connectivity index (χ3v) is 5.24. The fourth-order valence-electron chi connectivity index (χ4n) is 2.95. The zero-order valence-electron chi connectivity index (χ0n) is 15.3. The number of thioether (sulfide) groups is 1. The number of rotatable bonds is 8. The number of methoxy groups -OCH3 is 1. The number of aryl methyl sites for hydroxylation is 1. The van der Waals surface area contributed by atoms with E-state index in [9.17, 15) is 4.79 Å². The molecule has 0 unspecified atom stereocenters. The topological polar surface area (TPSA) is 88.0 Å². The summed E-state index contributed by atoms with van der Waals surface area (Å²) in [6.45, 7) is 1.70. The van der Waals surface area contributed by atoms with Gasteiger partial charge in [-0.1, -0.05) is 23.9 Å².